The molecule has 1 saturated heterocycles. The first kappa shape index (κ1) is 14.8. The Balaban J connectivity index is 1.66. The first-order valence-corrected chi connectivity index (χ1v) is 8.03. The van der Waals surface area contributed by atoms with E-state index >= 15 is 0 Å². The van der Waals surface area contributed by atoms with Crippen molar-refractivity contribution >= 4 is 0 Å². The molecule has 0 bridgehead atoms. The number of morpholine rings is 1. The monoisotopic (exact) mass is 290 g/mol. The minimum Gasteiger partial charge on any atom is -0.497 e. The molecule has 1 aromatic carbocycles. The molecule has 3 atom stereocenters. The Morgan fingerprint density at radius 1 is 1.38 bits per heavy atom. The van der Waals surface area contributed by atoms with Crippen molar-refractivity contribution in [2.75, 3.05) is 26.8 Å². The third-order valence-electron chi connectivity index (χ3n) is 4.80. The summed E-state index contributed by atoms with van der Waals surface area (Å²) in [5.74, 6) is 0.875. The summed E-state index contributed by atoms with van der Waals surface area (Å²) in [5, 5.41) is 0. The van der Waals surface area contributed by atoms with Gasteiger partial charge in [-0.1, -0.05) is 25.0 Å². The number of nitrogens with two attached hydrogens (primary N) is 1. The highest BCUT2D eigenvalue weighted by molar-refractivity contribution is 5.30. The second kappa shape index (κ2) is 6.77. The van der Waals surface area contributed by atoms with Gasteiger partial charge in [0.25, 0.3) is 0 Å². The molecule has 1 aliphatic heterocycles. The normalized spacial score (nSPS) is 27.9. The van der Waals surface area contributed by atoms with Crippen molar-refractivity contribution in [1.82, 2.24) is 4.90 Å². The van der Waals surface area contributed by atoms with Crippen molar-refractivity contribution in [3.63, 3.8) is 0 Å². The second-order valence-corrected chi connectivity index (χ2v) is 6.14. The molecule has 1 aliphatic carbocycles. The standard InChI is InChI=1S/C17H26N2O2/c1-20-14-6-4-5-13(11-14)15(18)12-19-9-10-21-17-8-3-2-7-16(17)19/h4-6,11,15-17H,2-3,7-10,12,18H2,1H3. The Hall–Kier alpha value is -1.10. The van der Waals surface area contributed by atoms with Crippen LogP contribution in [0, 0.1) is 0 Å². The van der Waals surface area contributed by atoms with E-state index in [1.165, 1.54) is 25.7 Å². The molecule has 3 unspecified atom stereocenters. The fourth-order valence-electron chi connectivity index (χ4n) is 3.63. The topological polar surface area (TPSA) is 47.7 Å². The van der Waals surface area contributed by atoms with E-state index in [1.807, 2.05) is 18.2 Å². The molecule has 0 spiro atoms. The van der Waals surface area contributed by atoms with E-state index in [-0.39, 0.29) is 6.04 Å². The van der Waals surface area contributed by atoms with E-state index in [0.717, 1.165) is 31.0 Å². The predicted molar refractivity (Wildman–Crippen MR) is 83.5 cm³/mol. The van der Waals surface area contributed by atoms with Gasteiger partial charge in [-0.05, 0) is 30.5 Å². The molecule has 1 saturated carbocycles. The van der Waals surface area contributed by atoms with Gasteiger partial charge in [0.15, 0.2) is 0 Å². The SMILES string of the molecule is COc1cccc(C(N)CN2CCOC3CCCCC32)c1. The van der Waals surface area contributed by atoms with Gasteiger partial charge in [0.1, 0.15) is 5.75 Å². The summed E-state index contributed by atoms with van der Waals surface area (Å²) in [6, 6.07) is 8.69. The highest BCUT2D eigenvalue weighted by atomic mass is 16.5. The van der Waals surface area contributed by atoms with Crippen LogP contribution < -0.4 is 10.5 Å². The molecule has 2 fully saturated rings. The number of ether oxygens (including phenoxy) is 2. The highest BCUT2D eigenvalue weighted by Crippen LogP contribution is 2.29. The van der Waals surface area contributed by atoms with E-state index in [9.17, 15) is 0 Å². The molecule has 0 amide bonds. The van der Waals surface area contributed by atoms with Gasteiger partial charge < -0.3 is 15.2 Å². The van der Waals surface area contributed by atoms with Gasteiger partial charge in [-0.2, -0.15) is 0 Å². The van der Waals surface area contributed by atoms with E-state index in [2.05, 4.69) is 11.0 Å². The molecule has 0 radical (unpaired) electrons. The van der Waals surface area contributed by atoms with Crippen LogP contribution in [0.4, 0.5) is 0 Å². The number of methoxy groups -OCH3 is 1. The van der Waals surface area contributed by atoms with Crippen molar-refractivity contribution in [2.24, 2.45) is 5.73 Å². The molecule has 3 rings (SSSR count). The number of hydrogen-bond donors (Lipinski definition) is 1. The average Bonchev–Trinajstić information content (AvgIpc) is 2.55. The number of benzene rings is 1. The van der Waals surface area contributed by atoms with Crippen LogP contribution in [0.1, 0.15) is 37.3 Å². The Morgan fingerprint density at radius 3 is 3.10 bits per heavy atom. The Morgan fingerprint density at radius 2 is 2.24 bits per heavy atom. The lowest BCUT2D eigenvalue weighted by atomic mass is 9.89. The summed E-state index contributed by atoms with van der Waals surface area (Å²) >= 11 is 0. The van der Waals surface area contributed by atoms with Gasteiger partial charge in [0.05, 0.1) is 19.8 Å². The average molecular weight is 290 g/mol. The van der Waals surface area contributed by atoms with Crippen LogP contribution in [0.25, 0.3) is 0 Å². The van der Waals surface area contributed by atoms with Crippen molar-refractivity contribution in [3.05, 3.63) is 29.8 Å². The molecular weight excluding hydrogens is 264 g/mol. The molecule has 1 aromatic rings. The van der Waals surface area contributed by atoms with E-state index in [4.69, 9.17) is 15.2 Å². The largest absolute Gasteiger partial charge is 0.497 e. The van der Waals surface area contributed by atoms with E-state index in [1.54, 1.807) is 7.11 Å². The van der Waals surface area contributed by atoms with Gasteiger partial charge in [0.2, 0.25) is 0 Å². The third kappa shape index (κ3) is 3.39. The minimum atomic E-state index is 0.0285. The fourth-order valence-corrected chi connectivity index (χ4v) is 3.63. The van der Waals surface area contributed by atoms with Gasteiger partial charge in [-0.15, -0.1) is 0 Å². The molecule has 116 valence electrons. The third-order valence-corrected chi connectivity index (χ3v) is 4.80. The van der Waals surface area contributed by atoms with Crippen LogP contribution in [-0.2, 0) is 4.74 Å². The van der Waals surface area contributed by atoms with Crippen molar-refractivity contribution in [1.29, 1.82) is 0 Å². The lowest BCUT2D eigenvalue weighted by molar-refractivity contribution is -0.0894. The first-order chi connectivity index (χ1) is 10.3. The second-order valence-electron chi connectivity index (χ2n) is 6.14. The van der Waals surface area contributed by atoms with E-state index in [0.29, 0.717) is 12.1 Å². The summed E-state index contributed by atoms with van der Waals surface area (Å²) in [6.07, 6.45) is 5.49. The smallest absolute Gasteiger partial charge is 0.119 e. The van der Waals surface area contributed by atoms with Crippen LogP contribution >= 0.6 is 0 Å². The summed E-state index contributed by atoms with van der Waals surface area (Å²) in [6.45, 7) is 2.74. The Labute approximate surface area is 127 Å². The molecule has 1 heterocycles. The Kier molecular flexibility index (Phi) is 4.78. The predicted octanol–water partition coefficient (Wildman–Crippen LogP) is 2.34. The molecule has 21 heavy (non-hydrogen) atoms. The fraction of sp³-hybridized carbons (Fsp3) is 0.647. The van der Waals surface area contributed by atoms with Crippen LogP contribution in [0.5, 0.6) is 5.75 Å². The number of nitrogens with zero attached hydrogens (tertiary/aromatic N) is 1. The van der Waals surface area contributed by atoms with Gasteiger partial charge in [-0.25, -0.2) is 0 Å². The Bertz CT molecular complexity index is 464. The molecule has 0 aromatic heterocycles. The summed E-state index contributed by atoms with van der Waals surface area (Å²) in [4.78, 5) is 2.54. The van der Waals surface area contributed by atoms with Crippen LogP contribution in [0.2, 0.25) is 0 Å². The number of hydrogen-bond acceptors (Lipinski definition) is 4. The zero-order valence-corrected chi connectivity index (χ0v) is 12.8. The number of fused-ring (bicyclic) bond motifs is 1. The summed E-state index contributed by atoms with van der Waals surface area (Å²) in [5.41, 5.74) is 7.58. The minimum absolute atomic E-state index is 0.0285. The van der Waals surface area contributed by atoms with Crippen LogP contribution in [-0.4, -0.2) is 43.9 Å². The van der Waals surface area contributed by atoms with Crippen LogP contribution in [0.3, 0.4) is 0 Å². The summed E-state index contributed by atoms with van der Waals surface area (Å²) < 4.78 is 11.2. The molecule has 2 N–H and O–H groups in total. The maximum atomic E-state index is 6.43. The number of rotatable bonds is 4. The maximum absolute atomic E-state index is 6.43. The van der Waals surface area contributed by atoms with Crippen molar-refractivity contribution in [2.45, 2.75) is 43.9 Å². The zero-order valence-electron chi connectivity index (χ0n) is 12.8. The van der Waals surface area contributed by atoms with E-state index < -0.39 is 0 Å². The van der Waals surface area contributed by atoms with Crippen LogP contribution in [0.15, 0.2) is 24.3 Å². The van der Waals surface area contributed by atoms with Crippen molar-refractivity contribution < 1.29 is 9.47 Å². The van der Waals surface area contributed by atoms with Crippen molar-refractivity contribution in [3.8, 4) is 5.75 Å². The lowest BCUT2D eigenvalue weighted by Gasteiger charge is -2.44. The van der Waals surface area contributed by atoms with Gasteiger partial charge in [-0.3, -0.25) is 4.90 Å². The first-order valence-electron chi connectivity index (χ1n) is 8.03. The molecule has 4 nitrogen and oxygen atoms in total. The quantitative estimate of drug-likeness (QED) is 0.924. The van der Waals surface area contributed by atoms with Gasteiger partial charge >= 0.3 is 0 Å². The van der Waals surface area contributed by atoms with Gasteiger partial charge in [0, 0.05) is 25.2 Å². The molecule has 2 aliphatic rings. The maximum Gasteiger partial charge on any atom is 0.119 e. The highest BCUT2D eigenvalue weighted by Gasteiger charge is 2.34. The molecule has 4 heteroatoms. The molecular formula is C17H26N2O2. The summed E-state index contributed by atoms with van der Waals surface area (Å²) in [7, 11) is 1.69. The zero-order chi connectivity index (χ0) is 14.7. The lowest BCUT2D eigenvalue weighted by Crippen LogP contribution is -2.54.